The molecule has 0 rings (SSSR count). The van der Waals surface area contributed by atoms with Crippen LogP contribution < -0.4 is 17.2 Å². The van der Waals surface area contributed by atoms with E-state index in [1.807, 2.05) is 9.24 Å². The van der Waals surface area contributed by atoms with Gasteiger partial charge in [-0.3, -0.25) is 0 Å². The molecule has 0 saturated carbocycles. The number of carboxylic acids is 1. The van der Waals surface area contributed by atoms with Crippen LogP contribution in [0.1, 0.15) is 0 Å². The monoisotopic (exact) mass is 151 g/mol. The first-order valence-electron chi connectivity index (χ1n) is 2.21. The van der Waals surface area contributed by atoms with Crippen molar-refractivity contribution >= 4 is 15.2 Å². The maximum atomic E-state index is 10.1. The molecule has 0 aliphatic carbocycles. The summed E-state index contributed by atoms with van der Waals surface area (Å²) in [5.74, 6) is -2.15. The zero-order chi connectivity index (χ0) is 7.65. The molecule has 2 atom stereocenters. The molecule has 0 aliphatic heterocycles. The summed E-state index contributed by atoms with van der Waals surface area (Å²) in [5, 5.41) is 8.27. The third kappa shape index (κ3) is 1.87. The summed E-state index contributed by atoms with van der Waals surface area (Å²) >= 11 is 0. The van der Waals surface area contributed by atoms with Crippen LogP contribution in [-0.4, -0.2) is 22.5 Å². The molecule has 0 aliphatic rings. The van der Waals surface area contributed by atoms with Crippen molar-refractivity contribution in [2.24, 2.45) is 17.2 Å². The van der Waals surface area contributed by atoms with Crippen molar-refractivity contribution in [1.82, 2.24) is 0 Å². The lowest BCUT2D eigenvalue weighted by molar-refractivity contribution is -0.143. The van der Waals surface area contributed by atoms with Gasteiger partial charge in [-0.05, 0) is 0 Å². The Balaban J connectivity index is 4.19. The molecule has 0 spiro atoms. The van der Waals surface area contributed by atoms with Crippen molar-refractivity contribution in [3.05, 3.63) is 0 Å². The van der Waals surface area contributed by atoms with E-state index in [9.17, 15) is 4.79 Å². The molecule has 7 N–H and O–H groups in total. The Morgan fingerprint density at radius 2 is 2.00 bits per heavy atom. The number of rotatable bonds is 2. The fourth-order valence-electron chi connectivity index (χ4n) is 0.143. The second-order valence-electron chi connectivity index (χ2n) is 1.76. The van der Waals surface area contributed by atoms with Crippen molar-refractivity contribution < 1.29 is 9.90 Å². The molecular weight excluding hydrogens is 141 g/mol. The predicted octanol–water partition coefficient (Wildman–Crippen LogP) is -2.16. The lowest BCUT2D eigenvalue weighted by Crippen LogP contribution is -2.65. The van der Waals surface area contributed by atoms with E-state index < -0.39 is 17.4 Å². The number of aliphatic carboxylic acids is 1. The van der Waals surface area contributed by atoms with Crippen molar-refractivity contribution in [2.75, 3.05) is 0 Å². The van der Waals surface area contributed by atoms with Crippen LogP contribution in [0, 0.1) is 0 Å². The molecule has 0 heterocycles. The smallest absolute Gasteiger partial charge is 0.340 e. The van der Waals surface area contributed by atoms with Gasteiger partial charge in [0.2, 0.25) is 0 Å². The van der Waals surface area contributed by atoms with E-state index in [1.165, 1.54) is 0 Å². The van der Waals surface area contributed by atoms with Gasteiger partial charge in [0.05, 0.1) is 5.78 Å². The van der Waals surface area contributed by atoms with E-state index in [2.05, 4.69) is 0 Å². The standard InChI is InChI=1S/C3H10N3O2P/c4-1(9)3(5,6)2(7)8/h1H,4-6,9H2,(H,7,8). The maximum absolute atomic E-state index is 10.1. The largest absolute Gasteiger partial charge is 0.479 e. The summed E-state index contributed by atoms with van der Waals surface area (Å²) in [6, 6.07) is 0. The first-order valence-corrected chi connectivity index (χ1v) is 2.88. The zero-order valence-corrected chi connectivity index (χ0v) is 5.90. The van der Waals surface area contributed by atoms with Gasteiger partial charge >= 0.3 is 5.97 Å². The van der Waals surface area contributed by atoms with Gasteiger partial charge in [-0.15, -0.1) is 9.24 Å². The molecule has 2 unspecified atom stereocenters. The summed E-state index contributed by atoms with van der Waals surface area (Å²) in [6.45, 7) is 0. The first kappa shape index (κ1) is 8.78. The minimum Gasteiger partial charge on any atom is -0.479 e. The Bertz CT molecular complexity index is 124. The minimum atomic E-state index is -1.84. The van der Waals surface area contributed by atoms with Gasteiger partial charge in [-0.1, -0.05) is 0 Å². The average molecular weight is 151 g/mol. The van der Waals surface area contributed by atoms with Crippen LogP contribution in [0.4, 0.5) is 0 Å². The van der Waals surface area contributed by atoms with E-state index in [-0.39, 0.29) is 0 Å². The maximum Gasteiger partial charge on any atom is 0.340 e. The molecule has 0 fully saturated rings. The molecule has 6 heteroatoms. The Hall–Kier alpha value is -0.220. The molecule has 5 nitrogen and oxygen atoms in total. The second kappa shape index (κ2) is 2.58. The third-order valence-corrected chi connectivity index (χ3v) is 1.47. The number of nitrogens with two attached hydrogens (primary N) is 3. The van der Waals surface area contributed by atoms with Gasteiger partial charge in [0.15, 0.2) is 5.66 Å². The summed E-state index contributed by atoms with van der Waals surface area (Å²) in [7, 11) is 2.02. The van der Waals surface area contributed by atoms with Crippen LogP contribution in [0.25, 0.3) is 0 Å². The SMILES string of the molecule is NC(P)C(N)(N)C(=O)O. The molecule has 0 aromatic heterocycles. The van der Waals surface area contributed by atoms with Gasteiger partial charge in [-0.25, -0.2) is 4.79 Å². The lowest BCUT2D eigenvalue weighted by Gasteiger charge is -2.22. The van der Waals surface area contributed by atoms with Crippen LogP contribution in [0.15, 0.2) is 0 Å². The lowest BCUT2D eigenvalue weighted by atomic mass is 10.2. The van der Waals surface area contributed by atoms with Gasteiger partial charge in [0, 0.05) is 0 Å². The molecule has 0 saturated heterocycles. The van der Waals surface area contributed by atoms with E-state index in [4.69, 9.17) is 22.3 Å². The van der Waals surface area contributed by atoms with Crippen LogP contribution in [0.5, 0.6) is 0 Å². The van der Waals surface area contributed by atoms with Crippen molar-refractivity contribution in [1.29, 1.82) is 0 Å². The Labute approximate surface area is 54.8 Å². The van der Waals surface area contributed by atoms with Gasteiger partial charge < -0.3 is 22.3 Å². The third-order valence-electron chi connectivity index (χ3n) is 0.922. The molecule has 0 radical (unpaired) electrons. The Kier molecular flexibility index (Phi) is 2.51. The van der Waals surface area contributed by atoms with E-state index in [1.54, 1.807) is 0 Å². The summed E-state index contributed by atoms with van der Waals surface area (Å²) in [4.78, 5) is 10.1. The molecule has 0 bridgehead atoms. The fourth-order valence-corrected chi connectivity index (χ4v) is 0.285. The normalized spacial score (nSPS) is 15.1. The van der Waals surface area contributed by atoms with Crippen molar-refractivity contribution in [3.63, 3.8) is 0 Å². The topological polar surface area (TPSA) is 115 Å². The Morgan fingerprint density at radius 3 is 2.00 bits per heavy atom. The highest BCUT2D eigenvalue weighted by Crippen LogP contribution is 2.03. The van der Waals surface area contributed by atoms with Crippen LogP contribution in [0.2, 0.25) is 0 Å². The number of hydrogen-bond donors (Lipinski definition) is 4. The summed E-state index contributed by atoms with van der Waals surface area (Å²) in [5.41, 5.74) is 13.3. The van der Waals surface area contributed by atoms with Crippen molar-refractivity contribution in [2.45, 2.75) is 11.4 Å². The van der Waals surface area contributed by atoms with Gasteiger partial charge in [0.1, 0.15) is 0 Å². The minimum absolute atomic E-state index is 0.838. The highest BCUT2D eigenvalue weighted by Gasteiger charge is 2.33. The number of carboxylic acid groups (broad SMARTS) is 1. The average Bonchev–Trinajstić information content (AvgIpc) is 1.65. The van der Waals surface area contributed by atoms with Gasteiger partial charge in [0.25, 0.3) is 0 Å². The van der Waals surface area contributed by atoms with E-state index in [0.29, 0.717) is 0 Å². The molecule has 0 aromatic carbocycles. The molecule has 9 heavy (non-hydrogen) atoms. The first-order chi connectivity index (χ1) is 3.89. The van der Waals surface area contributed by atoms with E-state index in [0.717, 1.165) is 0 Å². The molecule has 0 aromatic rings. The van der Waals surface area contributed by atoms with Crippen LogP contribution >= 0.6 is 9.24 Å². The second-order valence-corrected chi connectivity index (χ2v) is 2.48. The van der Waals surface area contributed by atoms with Crippen molar-refractivity contribution in [3.8, 4) is 0 Å². The fraction of sp³-hybridized carbons (Fsp3) is 0.667. The highest BCUT2D eigenvalue weighted by atomic mass is 31.0. The summed E-state index contributed by atoms with van der Waals surface area (Å²) < 4.78 is 0. The van der Waals surface area contributed by atoms with Crippen LogP contribution in [-0.2, 0) is 4.79 Å². The predicted molar refractivity (Wildman–Crippen MR) is 36.4 cm³/mol. The zero-order valence-electron chi connectivity index (χ0n) is 4.74. The number of carbonyl (C=O) groups is 1. The molecular formula is C3H10N3O2P. The number of hydrogen-bond acceptors (Lipinski definition) is 4. The van der Waals surface area contributed by atoms with Crippen LogP contribution in [0.3, 0.4) is 0 Å². The quantitative estimate of drug-likeness (QED) is 0.265. The molecule has 54 valence electrons. The van der Waals surface area contributed by atoms with E-state index >= 15 is 0 Å². The molecule has 0 amide bonds. The van der Waals surface area contributed by atoms with Gasteiger partial charge in [-0.2, -0.15) is 0 Å². The highest BCUT2D eigenvalue weighted by molar-refractivity contribution is 7.17. The summed E-state index contributed by atoms with van der Waals surface area (Å²) in [6.07, 6.45) is 0. The Morgan fingerprint density at radius 1 is 1.67 bits per heavy atom.